The van der Waals surface area contributed by atoms with Gasteiger partial charge in [0, 0.05) is 12.8 Å². The molecular formula is C49H88O10. The molecule has 0 radical (unpaired) electrons. The summed E-state index contributed by atoms with van der Waals surface area (Å²) in [6.07, 6.45) is 38.7. The third kappa shape index (κ3) is 31.4. The minimum absolute atomic E-state index is 0.147. The molecule has 2 unspecified atom stereocenters. The molecule has 1 heterocycles. The zero-order valence-electron chi connectivity index (χ0n) is 37.5. The highest BCUT2D eigenvalue weighted by Gasteiger charge is 2.44. The van der Waals surface area contributed by atoms with Crippen molar-refractivity contribution in [1.82, 2.24) is 0 Å². The molecule has 1 saturated heterocycles. The van der Waals surface area contributed by atoms with Crippen LogP contribution in [-0.2, 0) is 28.5 Å². The molecule has 10 heteroatoms. The molecule has 0 aromatic heterocycles. The lowest BCUT2D eigenvalue weighted by molar-refractivity contribution is -0.305. The highest BCUT2D eigenvalue weighted by molar-refractivity contribution is 5.70. The van der Waals surface area contributed by atoms with Gasteiger partial charge in [-0.1, -0.05) is 172 Å². The fraction of sp³-hybridized carbons (Fsp3) is 0.837. The maximum Gasteiger partial charge on any atom is 0.306 e. The molecule has 10 nitrogen and oxygen atoms in total. The predicted octanol–water partition coefficient (Wildman–Crippen LogP) is 10.7. The Morgan fingerprint density at radius 1 is 0.525 bits per heavy atom. The van der Waals surface area contributed by atoms with Gasteiger partial charge in [0.1, 0.15) is 31.0 Å². The van der Waals surface area contributed by atoms with Gasteiger partial charge in [-0.05, 0) is 57.8 Å². The molecule has 0 bridgehead atoms. The van der Waals surface area contributed by atoms with Gasteiger partial charge in [-0.25, -0.2) is 0 Å². The number of rotatable bonds is 40. The van der Waals surface area contributed by atoms with Crippen molar-refractivity contribution in [3.05, 3.63) is 36.5 Å². The Kier molecular flexibility index (Phi) is 37.3. The first kappa shape index (κ1) is 54.9. The van der Waals surface area contributed by atoms with Crippen molar-refractivity contribution in [2.75, 3.05) is 19.8 Å². The molecule has 0 aromatic carbocycles. The van der Waals surface area contributed by atoms with E-state index < -0.39 is 49.4 Å². The van der Waals surface area contributed by atoms with Gasteiger partial charge in [0.05, 0.1) is 13.2 Å². The first-order valence-corrected chi connectivity index (χ1v) is 24.1. The number of carbonyl (C=O) groups is 2. The van der Waals surface area contributed by atoms with Gasteiger partial charge in [0.25, 0.3) is 0 Å². The van der Waals surface area contributed by atoms with Crippen LogP contribution in [0, 0.1) is 0 Å². The van der Waals surface area contributed by atoms with Gasteiger partial charge >= 0.3 is 11.9 Å². The van der Waals surface area contributed by atoms with E-state index >= 15 is 0 Å². The summed E-state index contributed by atoms with van der Waals surface area (Å²) in [6, 6.07) is 0. The maximum atomic E-state index is 12.8. The van der Waals surface area contributed by atoms with E-state index in [1.807, 2.05) is 6.08 Å². The molecule has 4 N–H and O–H groups in total. The molecule has 59 heavy (non-hydrogen) atoms. The minimum Gasteiger partial charge on any atom is -0.462 e. The van der Waals surface area contributed by atoms with Gasteiger partial charge < -0.3 is 39.4 Å². The van der Waals surface area contributed by atoms with Crippen LogP contribution in [0.5, 0.6) is 0 Å². The van der Waals surface area contributed by atoms with Crippen molar-refractivity contribution in [3.8, 4) is 0 Å². The van der Waals surface area contributed by atoms with Crippen LogP contribution in [0.2, 0.25) is 0 Å². The monoisotopic (exact) mass is 837 g/mol. The third-order valence-corrected chi connectivity index (χ3v) is 11.0. The Hall–Kier alpha value is -2.08. The average Bonchev–Trinajstić information content (AvgIpc) is 3.23. The lowest BCUT2D eigenvalue weighted by Gasteiger charge is -2.39. The maximum absolute atomic E-state index is 12.8. The topological polar surface area (TPSA) is 152 Å². The van der Waals surface area contributed by atoms with Gasteiger partial charge in [-0.2, -0.15) is 0 Å². The highest BCUT2D eigenvalue weighted by Crippen LogP contribution is 2.23. The van der Waals surface area contributed by atoms with E-state index in [4.69, 9.17) is 18.9 Å². The zero-order valence-corrected chi connectivity index (χ0v) is 37.5. The fourth-order valence-corrected chi connectivity index (χ4v) is 7.18. The van der Waals surface area contributed by atoms with Gasteiger partial charge in [-0.15, -0.1) is 0 Å². The number of aliphatic hydroxyl groups is 4. The van der Waals surface area contributed by atoms with Crippen LogP contribution >= 0.6 is 0 Å². The van der Waals surface area contributed by atoms with Crippen molar-refractivity contribution in [1.29, 1.82) is 0 Å². The van der Waals surface area contributed by atoms with Gasteiger partial charge in [0.2, 0.25) is 0 Å². The molecule has 1 aliphatic heterocycles. The number of esters is 2. The summed E-state index contributed by atoms with van der Waals surface area (Å²) in [4.78, 5) is 25.3. The molecule has 0 aliphatic carbocycles. The van der Waals surface area contributed by atoms with E-state index in [2.05, 4.69) is 44.2 Å². The van der Waals surface area contributed by atoms with Gasteiger partial charge in [-0.3, -0.25) is 9.59 Å². The number of unbranched alkanes of at least 4 members (excludes halogenated alkanes) is 23. The minimum atomic E-state index is -1.60. The van der Waals surface area contributed by atoms with Crippen molar-refractivity contribution < 1.29 is 49.0 Å². The Bertz CT molecular complexity index is 1060. The number of hydrogen-bond donors (Lipinski definition) is 4. The second-order valence-corrected chi connectivity index (χ2v) is 16.6. The second kappa shape index (κ2) is 40.0. The summed E-state index contributed by atoms with van der Waals surface area (Å²) in [7, 11) is 0. The molecule has 0 spiro atoms. The molecular weight excluding hydrogens is 749 g/mol. The van der Waals surface area contributed by atoms with Crippen LogP contribution in [0.4, 0.5) is 0 Å². The van der Waals surface area contributed by atoms with Crippen LogP contribution < -0.4 is 0 Å². The van der Waals surface area contributed by atoms with Crippen molar-refractivity contribution >= 4 is 11.9 Å². The van der Waals surface area contributed by atoms with E-state index in [-0.39, 0.29) is 32.0 Å². The van der Waals surface area contributed by atoms with Crippen LogP contribution in [0.15, 0.2) is 36.5 Å². The summed E-state index contributed by atoms with van der Waals surface area (Å²) in [6.45, 7) is 3.37. The van der Waals surface area contributed by atoms with Crippen LogP contribution in [0.25, 0.3) is 0 Å². The van der Waals surface area contributed by atoms with Gasteiger partial charge in [0.15, 0.2) is 12.4 Å². The number of aliphatic hydroxyl groups excluding tert-OH is 4. The van der Waals surface area contributed by atoms with Crippen LogP contribution in [-0.4, -0.2) is 89.0 Å². The molecule has 0 saturated carbocycles. The summed E-state index contributed by atoms with van der Waals surface area (Å²) in [5.74, 6) is -0.864. The van der Waals surface area contributed by atoms with E-state index in [0.717, 1.165) is 51.4 Å². The second-order valence-electron chi connectivity index (χ2n) is 16.6. The SMILES string of the molecule is CCCCC/C=C/C/C=C/CCCCCCCCCCCC(=O)OC[C@@H](CO[C@H]1O[C@@H](CO)[C@@H](O)C(O)C1O)OC(=O)CC/C=C/CCCCCCCCCCCCC. The number of ether oxygens (including phenoxy) is 4. The highest BCUT2D eigenvalue weighted by atomic mass is 16.7. The third-order valence-electron chi connectivity index (χ3n) is 11.0. The lowest BCUT2D eigenvalue weighted by atomic mass is 9.99. The molecule has 6 atom stereocenters. The first-order valence-electron chi connectivity index (χ1n) is 24.1. The Labute approximate surface area is 359 Å². The Balaban J connectivity index is 2.31. The van der Waals surface area contributed by atoms with Crippen LogP contribution in [0.1, 0.15) is 206 Å². The summed E-state index contributed by atoms with van der Waals surface area (Å²) < 4.78 is 22.1. The zero-order chi connectivity index (χ0) is 43.0. The first-order chi connectivity index (χ1) is 28.8. The summed E-state index contributed by atoms with van der Waals surface area (Å²) >= 11 is 0. The molecule has 0 amide bonds. The van der Waals surface area contributed by atoms with Crippen molar-refractivity contribution in [2.45, 2.75) is 243 Å². The summed E-state index contributed by atoms with van der Waals surface area (Å²) in [5, 5.41) is 40.1. The van der Waals surface area contributed by atoms with E-state index in [9.17, 15) is 30.0 Å². The summed E-state index contributed by atoms with van der Waals surface area (Å²) in [5.41, 5.74) is 0. The standard InChI is InChI=1S/C49H88O10/c1-3-5-7-9-11-13-15-17-19-20-21-22-24-25-27-29-31-33-35-37-44(51)56-40-42(41-57-49-48(55)47(54)46(53)43(39-50)59-49)58-45(52)38-36-34-32-30-28-26-23-18-16-14-12-10-8-6-4-2/h11,13,17,19,32,34,42-43,46-50,53-55H,3-10,12,14-16,18,20-31,33,35-41H2,1-2H3/b13-11+,19-17+,34-32+/t42-,43-,46+,47?,48?,49-/m0/s1. The normalized spacial score (nSPS) is 20.3. The molecule has 0 aromatic rings. The van der Waals surface area contributed by atoms with E-state index in [1.54, 1.807) is 0 Å². The average molecular weight is 837 g/mol. The Morgan fingerprint density at radius 2 is 0.983 bits per heavy atom. The lowest BCUT2D eigenvalue weighted by Crippen LogP contribution is -2.59. The largest absolute Gasteiger partial charge is 0.462 e. The predicted molar refractivity (Wildman–Crippen MR) is 238 cm³/mol. The number of carbonyl (C=O) groups excluding carboxylic acids is 2. The van der Waals surface area contributed by atoms with E-state index in [1.165, 1.54) is 122 Å². The fourth-order valence-electron chi connectivity index (χ4n) is 7.18. The van der Waals surface area contributed by atoms with Crippen molar-refractivity contribution in [3.63, 3.8) is 0 Å². The number of hydrogen-bond acceptors (Lipinski definition) is 10. The van der Waals surface area contributed by atoms with E-state index in [0.29, 0.717) is 6.42 Å². The quantitative estimate of drug-likeness (QED) is 0.0267. The number of allylic oxidation sites excluding steroid dienone is 6. The van der Waals surface area contributed by atoms with Crippen molar-refractivity contribution in [2.24, 2.45) is 0 Å². The molecule has 1 aliphatic rings. The molecule has 1 rings (SSSR count). The molecule has 1 fully saturated rings. The smallest absolute Gasteiger partial charge is 0.306 e. The Morgan fingerprint density at radius 3 is 1.53 bits per heavy atom. The molecule has 344 valence electrons. The van der Waals surface area contributed by atoms with Crippen LogP contribution in [0.3, 0.4) is 0 Å².